The predicted molar refractivity (Wildman–Crippen MR) is 91.1 cm³/mol. The topological polar surface area (TPSA) is 32.8 Å². The van der Waals surface area contributed by atoms with Gasteiger partial charge in [-0.2, -0.15) is 0 Å². The summed E-state index contributed by atoms with van der Waals surface area (Å²) < 4.78 is 5.48. The van der Waals surface area contributed by atoms with Crippen molar-refractivity contribution in [2.45, 2.75) is 37.3 Å². The molecule has 5 aliphatic rings. The molecule has 2 bridgehead atoms. The third kappa shape index (κ3) is 1.19. The number of methoxy groups -OCH3 is 1. The maximum absolute atomic E-state index is 13.2. The number of anilines is 1. The molecule has 6 rings (SSSR count). The molecule has 4 aliphatic heterocycles. The van der Waals surface area contributed by atoms with Crippen LogP contribution in [0.4, 0.5) is 5.69 Å². The lowest BCUT2D eigenvalue weighted by atomic mass is 9.63. The van der Waals surface area contributed by atoms with Crippen molar-refractivity contribution >= 4 is 11.6 Å². The zero-order chi connectivity index (χ0) is 16.1. The zero-order valence-corrected chi connectivity index (χ0v) is 14.0. The monoisotopic (exact) mass is 322 g/mol. The Kier molecular flexibility index (Phi) is 2.27. The van der Waals surface area contributed by atoms with Crippen LogP contribution in [0.25, 0.3) is 0 Å². The van der Waals surface area contributed by atoms with Crippen LogP contribution >= 0.6 is 0 Å². The van der Waals surface area contributed by atoms with Gasteiger partial charge in [0.2, 0.25) is 5.91 Å². The number of hydrogen-bond donors (Lipinski definition) is 0. The molecule has 24 heavy (non-hydrogen) atoms. The molecule has 1 aromatic rings. The molecule has 4 heteroatoms. The van der Waals surface area contributed by atoms with Crippen LogP contribution < -0.4 is 9.64 Å². The quantitative estimate of drug-likeness (QED) is 0.745. The van der Waals surface area contributed by atoms with E-state index >= 15 is 0 Å². The Bertz CT molecular complexity index is 803. The Labute approximate surface area is 142 Å². The van der Waals surface area contributed by atoms with Crippen LogP contribution in [0.5, 0.6) is 5.75 Å². The molecule has 4 nitrogen and oxygen atoms in total. The number of fused-ring (bicyclic) bond motifs is 3. The van der Waals surface area contributed by atoms with Crippen LogP contribution in [0.2, 0.25) is 0 Å². The number of amides is 1. The van der Waals surface area contributed by atoms with Crippen molar-refractivity contribution in [2.24, 2.45) is 11.3 Å². The third-order valence-electron chi connectivity index (χ3n) is 7.53. The number of hydrogen-bond acceptors (Lipinski definition) is 3. The number of benzene rings is 1. The Hall–Kier alpha value is -1.81. The average molecular weight is 322 g/mol. The van der Waals surface area contributed by atoms with Gasteiger partial charge in [-0.1, -0.05) is 18.2 Å². The Morgan fingerprint density at radius 3 is 3.08 bits per heavy atom. The Morgan fingerprint density at radius 1 is 1.29 bits per heavy atom. The number of piperidine rings is 1. The standard InChI is InChI=1S/C20H22N2O2/c1-24-13-3-4-15-14-6-10-21-9-2-7-19-8-5-16(14)20(19,21)22(17(15)11-13)18(23)12-19/h2-4,7,11,14,16H,5-6,8-10,12H2,1H3/t14-,16-,19-,20-/m0/s1. The normalized spacial score (nSPS) is 41.4. The maximum Gasteiger partial charge on any atom is 0.229 e. The van der Waals surface area contributed by atoms with E-state index in [4.69, 9.17) is 4.74 Å². The largest absolute Gasteiger partial charge is 0.497 e. The molecule has 1 amide bonds. The number of nitrogens with zero attached hydrogens (tertiary/aromatic N) is 2. The highest BCUT2D eigenvalue weighted by Crippen LogP contribution is 2.71. The van der Waals surface area contributed by atoms with Crippen LogP contribution in [0, 0.1) is 11.3 Å². The summed E-state index contributed by atoms with van der Waals surface area (Å²) in [5.74, 6) is 2.30. The molecule has 0 unspecified atom stereocenters. The lowest BCUT2D eigenvalue weighted by molar-refractivity contribution is -0.119. The highest BCUT2D eigenvalue weighted by atomic mass is 16.5. The third-order valence-corrected chi connectivity index (χ3v) is 7.53. The predicted octanol–water partition coefficient (Wildman–Crippen LogP) is 2.90. The Balaban J connectivity index is 1.69. The fraction of sp³-hybridized carbons (Fsp3) is 0.550. The average Bonchev–Trinajstić information content (AvgIpc) is 3.06. The number of rotatable bonds is 1. The molecule has 2 saturated heterocycles. The molecule has 0 N–H and O–H groups in total. The molecule has 1 saturated carbocycles. The van der Waals surface area contributed by atoms with Crippen molar-refractivity contribution in [3.8, 4) is 5.75 Å². The fourth-order valence-electron chi connectivity index (χ4n) is 6.90. The summed E-state index contributed by atoms with van der Waals surface area (Å²) >= 11 is 0. The molecule has 0 radical (unpaired) electrons. The van der Waals surface area contributed by atoms with Gasteiger partial charge in [0, 0.05) is 36.9 Å². The van der Waals surface area contributed by atoms with Gasteiger partial charge in [-0.25, -0.2) is 0 Å². The van der Waals surface area contributed by atoms with Gasteiger partial charge in [-0.05, 0) is 36.8 Å². The number of ether oxygens (including phenoxy) is 1. The first-order valence-corrected chi connectivity index (χ1v) is 9.15. The van der Waals surface area contributed by atoms with Gasteiger partial charge in [-0.15, -0.1) is 0 Å². The van der Waals surface area contributed by atoms with Gasteiger partial charge in [0.1, 0.15) is 11.4 Å². The van der Waals surface area contributed by atoms with Gasteiger partial charge in [0.15, 0.2) is 0 Å². The summed E-state index contributed by atoms with van der Waals surface area (Å²) in [4.78, 5) is 18.0. The van der Waals surface area contributed by atoms with Crippen LogP contribution in [0.3, 0.4) is 0 Å². The van der Waals surface area contributed by atoms with Gasteiger partial charge in [0.05, 0.1) is 12.8 Å². The molecule has 4 atom stereocenters. The van der Waals surface area contributed by atoms with Crippen molar-refractivity contribution in [3.05, 3.63) is 35.9 Å². The van der Waals surface area contributed by atoms with Gasteiger partial charge in [-0.3, -0.25) is 14.6 Å². The summed E-state index contributed by atoms with van der Waals surface area (Å²) in [6, 6.07) is 6.37. The van der Waals surface area contributed by atoms with E-state index in [2.05, 4.69) is 40.2 Å². The second-order valence-electron chi connectivity index (χ2n) is 8.10. The summed E-state index contributed by atoms with van der Waals surface area (Å²) in [5.41, 5.74) is 2.39. The van der Waals surface area contributed by atoms with E-state index in [-0.39, 0.29) is 11.1 Å². The van der Waals surface area contributed by atoms with Crippen LogP contribution in [0.1, 0.15) is 37.2 Å². The second-order valence-corrected chi connectivity index (χ2v) is 8.10. The van der Waals surface area contributed by atoms with Gasteiger partial charge < -0.3 is 4.74 Å². The zero-order valence-electron chi connectivity index (χ0n) is 14.0. The number of carbonyl (C=O) groups excluding carboxylic acids is 1. The lowest BCUT2D eigenvalue weighted by Gasteiger charge is -2.63. The first-order chi connectivity index (χ1) is 11.7. The summed E-state index contributed by atoms with van der Waals surface area (Å²) in [6.07, 6.45) is 8.97. The molecule has 1 aliphatic carbocycles. The first kappa shape index (κ1) is 13.5. The van der Waals surface area contributed by atoms with E-state index in [9.17, 15) is 4.79 Å². The maximum atomic E-state index is 13.2. The van der Waals surface area contributed by atoms with E-state index in [1.807, 2.05) is 0 Å². The van der Waals surface area contributed by atoms with E-state index in [0.29, 0.717) is 24.2 Å². The fourth-order valence-corrected chi connectivity index (χ4v) is 6.90. The van der Waals surface area contributed by atoms with Crippen LogP contribution in [-0.2, 0) is 4.79 Å². The number of carbonyl (C=O) groups is 1. The SMILES string of the molecule is COc1ccc2c(c1)N1C(=O)C[C@]34C=CCN5CC[C@@H]2[C@H](CC3)[C@]514. The van der Waals surface area contributed by atoms with Gasteiger partial charge in [0.25, 0.3) is 0 Å². The summed E-state index contributed by atoms with van der Waals surface area (Å²) in [7, 11) is 1.70. The van der Waals surface area contributed by atoms with Crippen LogP contribution in [0.15, 0.2) is 30.4 Å². The minimum atomic E-state index is -0.110. The van der Waals surface area contributed by atoms with E-state index in [0.717, 1.165) is 30.9 Å². The molecular weight excluding hydrogens is 300 g/mol. The van der Waals surface area contributed by atoms with E-state index < -0.39 is 0 Å². The van der Waals surface area contributed by atoms with Crippen molar-refractivity contribution in [1.82, 2.24) is 4.90 Å². The van der Waals surface area contributed by atoms with Crippen molar-refractivity contribution in [2.75, 3.05) is 25.1 Å². The minimum Gasteiger partial charge on any atom is -0.497 e. The van der Waals surface area contributed by atoms with Crippen molar-refractivity contribution in [3.63, 3.8) is 0 Å². The second kappa shape index (κ2) is 4.05. The molecule has 3 fully saturated rings. The minimum absolute atomic E-state index is 0.0203. The molecule has 0 aromatic heterocycles. The van der Waals surface area contributed by atoms with Crippen LogP contribution in [-0.4, -0.2) is 36.7 Å². The smallest absolute Gasteiger partial charge is 0.229 e. The molecular formula is C20H22N2O2. The van der Waals surface area contributed by atoms with Crippen molar-refractivity contribution < 1.29 is 9.53 Å². The molecule has 1 spiro atoms. The molecule has 124 valence electrons. The Morgan fingerprint density at radius 2 is 2.21 bits per heavy atom. The van der Waals surface area contributed by atoms with E-state index in [1.54, 1.807) is 7.11 Å². The summed E-state index contributed by atoms with van der Waals surface area (Å²) in [5, 5.41) is 0. The van der Waals surface area contributed by atoms with Gasteiger partial charge >= 0.3 is 0 Å². The molecule has 1 aromatic carbocycles. The lowest BCUT2D eigenvalue weighted by Crippen LogP contribution is -2.72. The first-order valence-electron chi connectivity index (χ1n) is 9.15. The highest BCUT2D eigenvalue weighted by molar-refractivity contribution is 6.01. The highest BCUT2D eigenvalue weighted by Gasteiger charge is 2.75. The summed E-state index contributed by atoms with van der Waals surface area (Å²) in [6.45, 7) is 2.08. The van der Waals surface area contributed by atoms with E-state index in [1.165, 1.54) is 18.4 Å². The van der Waals surface area contributed by atoms with Crippen molar-refractivity contribution in [1.29, 1.82) is 0 Å². The molecule has 4 heterocycles.